The van der Waals surface area contributed by atoms with Gasteiger partial charge in [0.2, 0.25) is 5.89 Å². The van der Waals surface area contributed by atoms with Crippen LogP contribution < -0.4 is 10.0 Å². The first-order chi connectivity index (χ1) is 15.3. The zero-order chi connectivity index (χ0) is 22.7. The van der Waals surface area contributed by atoms with E-state index in [2.05, 4.69) is 20.2 Å². The van der Waals surface area contributed by atoms with Crippen LogP contribution >= 0.6 is 11.6 Å². The summed E-state index contributed by atoms with van der Waals surface area (Å²) in [6.07, 6.45) is 0. The third-order valence-electron chi connectivity index (χ3n) is 4.26. The van der Waals surface area contributed by atoms with Gasteiger partial charge in [0.25, 0.3) is 15.9 Å². The standard InChI is InChI=1S/C21H14ClFN4O4S/c22-15-5-11-18(12-6-15)32(29,30)27-17-9-3-13(4-10-17)19(28)24-21-26-25-20(31-21)14-1-7-16(23)8-2-14/h1-12,27H,(H,24,26,28). The van der Waals surface area contributed by atoms with Crippen molar-refractivity contribution in [2.24, 2.45) is 0 Å². The summed E-state index contributed by atoms with van der Waals surface area (Å²) in [6, 6.07) is 16.8. The summed E-state index contributed by atoms with van der Waals surface area (Å²) >= 11 is 5.78. The van der Waals surface area contributed by atoms with Crippen LogP contribution in [-0.2, 0) is 10.0 Å². The molecule has 4 rings (SSSR count). The van der Waals surface area contributed by atoms with Gasteiger partial charge in [-0.05, 0) is 72.8 Å². The van der Waals surface area contributed by atoms with Crippen molar-refractivity contribution < 1.29 is 22.0 Å². The smallest absolute Gasteiger partial charge is 0.322 e. The van der Waals surface area contributed by atoms with Crippen molar-refractivity contribution in [3.8, 4) is 11.5 Å². The molecule has 1 amide bonds. The first-order valence-electron chi connectivity index (χ1n) is 9.09. The van der Waals surface area contributed by atoms with Crippen LogP contribution in [0.1, 0.15) is 10.4 Å². The number of aromatic nitrogens is 2. The molecule has 0 saturated carbocycles. The van der Waals surface area contributed by atoms with Gasteiger partial charge in [-0.2, -0.15) is 0 Å². The predicted molar refractivity (Wildman–Crippen MR) is 116 cm³/mol. The van der Waals surface area contributed by atoms with Crippen molar-refractivity contribution in [1.29, 1.82) is 0 Å². The van der Waals surface area contributed by atoms with Gasteiger partial charge in [0.1, 0.15) is 5.82 Å². The highest BCUT2D eigenvalue weighted by atomic mass is 35.5. The molecule has 3 aromatic carbocycles. The molecular formula is C21H14ClFN4O4S. The van der Waals surface area contributed by atoms with E-state index in [0.29, 0.717) is 10.6 Å². The van der Waals surface area contributed by atoms with E-state index >= 15 is 0 Å². The number of rotatable bonds is 6. The summed E-state index contributed by atoms with van der Waals surface area (Å²) in [4.78, 5) is 12.5. The molecule has 0 aliphatic carbocycles. The van der Waals surface area contributed by atoms with E-state index in [1.165, 1.54) is 72.8 Å². The SMILES string of the molecule is O=C(Nc1nnc(-c2ccc(F)cc2)o1)c1ccc(NS(=O)(=O)c2ccc(Cl)cc2)cc1. The molecule has 4 aromatic rings. The van der Waals surface area contributed by atoms with Crippen LogP contribution in [0.4, 0.5) is 16.1 Å². The molecule has 0 aliphatic heterocycles. The van der Waals surface area contributed by atoms with E-state index in [4.69, 9.17) is 16.0 Å². The van der Waals surface area contributed by atoms with Crippen LogP contribution in [0.25, 0.3) is 11.5 Å². The number of amides is 1. The molecule has 11 heteroatoms. The summed E-state index contributed by atoms with van der Waals surface area (Å²) in [5.41, 5.74) is 1.01. The van der Waals surface area contributed by atoms with Gasteiger partial charge in [-0.25, -0.2) is 12.8 Å². The molecule has 0 fully saturated rings. The molecule has 162 valence electrons. The number of carbonyl (C=O) groups excluding carboxylic acids is 1. The molecule has 0 aliphatic rings. The Bertz CT molecular complexity index is 1360. The van der Waals surface area contributed by atoms with E-state index < -0.39 is 21.7 Å². The number of hydrogen-bond acceptors (Lipinski definition) is 6. The first-order valence-corrected chi connectivity index (χ1v) is 11.0. The van der Waals surface area contributed by atoms with Crippen LogP contribution in [-0.4, -0.2) is 24.5 Å². The molecular weight excluding hydrogens is 459 g/mol. The second-order valence-electron chi connectivity index (χ2n) is 6.51. The van der Waals surface area contributed by atoms with Gasteiger partial charge < -0.3 is 4.42 Å². The van der Waals surface area contributed by atoms with Crippen molar-refractivity contribution in [2.45, 2.75) is 4.90 Å². The van der Waals surface area contributed by atoms with Gasteiger partial charge in [0.05, 0.1) is 4.90 Å². The number of carbonyl (C=O) groups is 1. The van der Waals surface area contributed by atoms with Crippen LogP contribution in [0.15, 0.2) is 82.1 Å². The lowest BCUT2D eigenvalue weighted by Crippen LogP contribution is -2.14. The van der Waals surface area contributed by atoms with E-state index in [1.807, 2.05) is 0 Å². The van der Waals surface area contributed by atoms with Crippen molar-refractivity contribution >= 4 is 39.2 Å². The van der Waals surface area contributed by atoms with Gasteiger partial charge in [-0.1, -0.05) is 16.7 Å². The summed E-state index contributed by atoms with van der Waals surface area (Å²) in [5, 5.41) is 10.4. The second-order valence-corrected chi connectivity index (χ2v) is 8.63. The van der Waals surface area contributed by atoms with Crippen LogP contribution in [0.5, 0.6) is 0 Å². The maximum Gasteiger partial charge on any atom is 0.322 e. The minimum atomic E-state index is -3.80. The zero-order valence-electron chi connectivity index (χ0n) is 16.1. The van der Waals surface area contributed by atoms with Crippen molar-refractivity contribution in [2.75, 3.05) is 10.0 Å². The fraction of sp³-hybridized carbons (Fsp3) is 0. The lowest BCUT2D eigenvalue weighted by Gasteiger charge is -2.09. The molecule has 0 saturated heterocycles. The average molecular weight is 473 g/mol. The van der Waals surface area contributed by atoms with Gasteiger partial charge in [-0.3, -0.25) is 14.8 Å². The van der Waals surface area contributed by atoms with Crippen molar-refractivity contribution in [3.05, 3.63) is 89.2 Å². The maximum absolute atomic E-state index is 13.0. The molecule has 32 heavy (non-hydrogen) atoms. The minimum Gasteiger partial charge on any atom is -0.403 e. The summed E-state index contributed by atoms with van der Waals surface area (Å²) in [5.74, 6) is -0.820. The first kappa shape index (κ1) is 21.5. The van der Waals surface area contributed by atoms with E-state index in [-0.39, 0.29) is 28.1 Å². The number of anilines is 2. The van der Waals surface area contributed by atoms with Gasteiger partial charge >= 0.3 is 6.01 Å². The monoisotopic (exact) mass is 472 g/mol. The lowest BCUT2D eigenvalue weighted by atomic mass is 10.2. The van der Waals surface area contributed by atoms with Crippen LogP contribution in [0.2, 0.25) is 5.02 Å². The molecule has 0 spiro atoms. The highest BCUT2D eigenvalue weighted by Gasteiger charge is 2.16. The quantitative estimate of drug-likeness (QED) is 0.424. The highest BCUT2D eigenvalue weighted by Crippen LogP contribution is 2.21. The minimum absolute atomic E-state index is 0.0528. The number of sulfonamides is 1. The Labute approximate surface area is 187 Å². The summed E-state index contributed by atoms with van der Waals surface area (Å²) < 4.78 is 45.7. The highest BCUT2D eigenvalue weighted by molar-refractivity contribution is 7.92. The fourth-order valence-corrected chi connectivity index (χ4v) is 3.85. The van der Waals surface area contributed by atoms with E-state index in [1.54, 1.807) is 0 Å². The Hall–Kier alpha value is -3.76. The third-order valence-corrected chi connectivity index (χ3v) is 5.91. The van der Waals surface area contributed by atoms with E-state index in [0.717, 1.165) is 0 Å². The Kier molecular flexibility index (Phi) is 5.89. The lowest BCUT2D eigenvalue weighted by molar-refractivity contribution is 0.102. The number of nitrogens with one attached hydrogen (secondary N) is 2. The Morgan fingerprint density at radius 2 is 1.56 bits per heavy atom. The van der Waals surface area contributed by atoms with Gasteiger partial charge in [-0.15, -0.1) is 5.10 Å². The van der Waals surface area contributed by atoms with Crippen LogP contribution in [0, 0.1) is 5.82 Å². The largest absolute Gasteiger partial charge is 0.403 e. The number of halogens is 2. The summed E-state index contributed by atoms with van der Waals surface area (Å²) in [6.45, 7) is 0. The zero-order valence-corrected chi connectivity index (χ0v) is 17.7. The average Bonchev–Trinajstić information content (AvgIpc) is 3.23. The molecule has 1 heterocycles. The van der Waals surface area contributed by atoms with Crippen molar-refractivity contribution in [1.82, 2.24) is 10.2 Å². The molecule has 0 atom stereocenters. The Morgan fingerprint density at radius 3 is 2.22 bits per heavy atom. The molecule has 1 aromatic heterocycles. The van der Waals surface area contributed by atoms with Gasteiger partial charge in [0.15, 0.2) is 0 Å². The van der Waals surface area contributed by atoms with Gasteiger partial charge in [0, 0.05) is 21.8 Å². The fourth-order valence-electron chi connectivity index (χ4n) is 2.67. The topological polar surface area (TPSA) is 114 Å². The second kappa shape index (κ2) is 8.77. The number of nitrogens with zero attached hydrogens (tertiary/aromatic N) is 2. The molecule has 8 nitrogen and oxygen atoms in total. The maximum atomic E-state index is 13.0. The van der Waals surface area contributed by atoms with Crippen molar-refractivity contribution in [3.63, 3.8) is 0 Å². The number of hydrogen-bond donors (Lipinski definition) is 2. The third kappa shape index (κ3) is 4.93. The normalized spacial score (nSPS) is 11.2. The van der Waals surface area contributed by atoms with Crippen LogP contribution in [0.3, 0.4) is 0 Å². The molecule has 0 bridgehead atoms. The number of benzene rings is 3. The predicted octanol–water partition coefficient (Wildman–Crippen LogP) is 4.58. The summed E-state index contributed by atoms with van der Waals surface area (Å²) in [7, 11) is -3.80. The molecule has 0 radical (unpaired) electrons. The molecule has 2 N–H and O–H groups in total. The Balaban J connectivity index is 1.42. The van der Waals surface area contributed by atoms with E-state index in [9.17, 15) is 17.6 Å². The Morgan fingerprint density at radius 1 is 0.906 bits per heavy atom. The molecule has 0 unspecified atom stereocenters.